The maximum absolute atomic E-state index is 13.9. The van der Waals surface area contributed by atoms with Gasteiger partial charge in [0.2, 0.25) is 0 Å². The fraction of sp³-hybridized carbons (Fsp3) is 0.462. The van der Waals surface area contributed by atoms with Crippen molar-refractivity contribution in [3.63, 3.8) is 0 Å². The van der Waals surface area contributed by atoms with Crippen LogP contribution in [-0.2, 0) is 11.3 Å². The van der Waals surface area contributed by atoms with Crippen molar-refractivity contribution < 1.29 is 13.5 Å². The lowest BCUT2D eigenvalue weighted by molar-refractivity contribution is 0.144. The molecule has 20 heavy (non-hydrogen) atoms. The van der Waals surface area contributed by atoms with Gasteiger partial charge in [-0.25, -0.2) is 8.78 Å². The maximum atomic E-state index is 13.9. The van der Waals surface area contributed by atoms with E-state index in [1.54, 1.807) is 7.11 Å². The molecule has 1 aromatic rings. The Kier molecular flexibility index (Phi) is 7.50. The summed E-state index contributed by atoms with van der Waals surface area (Å²) in [6, 6.07) is 2.59. The van der Waals surface area contributed by atoms with Gasteiger partial charge in [0.1, 0.15) is 11.6 Å². The summed E-state index contributed by atoms with van der Waals surface area (Å²) in [5, 5.41) is 0. The van der Waals surface area contributed by atoms with E-state index in [1.807, 2.05) is 4.90 Å². The first kappa shape index (κ1) is 17.4. The normalized spacial score (nSPS) is 11.1. The van der Waals surface area contributed by atoms with E-state index in [0.29, 0.717) is 31.1 Å². The molecule has 0 aliphatic carbocycles. The fourth-order valence-electron chi connectivity index (χ4n) is 1.70. The molecule has 3 nitrogen and oxygen atoms in total. The van der Waals surface area contributed by atoms with Crippen molar-refractivity contribution in [3.05, 3.63) is 33.8 Å². The number of hydrogen-bond donors (Lipinski definition) is 1. The van der Waals surface area contributed by atoms with Crippen molar-refractivity contribution in [2.45, 2.75) is 13.0 Å². The molecule has 0 saturated carbocycles. The van der Waals surface area contributed by atoms with Gasteiger partial charge in [0.25, 0.3) is 0 Å². The summed E-state index contributed by atoms with van der Waals surface area (Å²) in [5.41, 5.74) is 5.49. The van der Waals surface area contributed by atoms with Gasteiger partial charge in [-0.2, -0.15) is 0 Å². The quantitative estimate of drug-likeness (QED) is 0.567. The first-order valence-electron chi connectivity index (χ1n) is 6.07. The van der Waals surface area contributed by atoms with Crippen LogP contribution in [0.2, 0.25) is 0 Å². The van der Waals surface area contributed by atoms with E-state index in [4.69, 9.17) is 22.7 Å². The third-order valence-corrected chi connectivity index (χ3v) is 3.62. The predicted molar refractivity (Wildman–Crippen MR) is 82.6 cm³/mol. The van der Waals surface area contributed by atoms with Crippen molar-refractivity contribution in [2.24, 2.45) is 5.73 Å². The van der Waals surface area contributed by atoms with Crippen LogP contribution in [0.1, 0.15) is 12.0 Å². The Bertz CT molecular complexity index is 474. The van der Waals surface area contributed by atoms with Gasteiger partial charge in [-0.15, -0.1) is 0 Å². The second kappa shape index (κ2) is 8.61. The highest BCUT2D eigenvalue weighted by Gasteiger charge is 2.16. The molecule has 0 radical (unpaired) electrons. The Balaban J connectivity index is 2.82. The van der Waals surface area contributed by atoms with Crippen LogP contribution in [0.3, 0.4) is 0 Å². The minimum atomic E-state index is -0.581. The molecule has 0 aliphatic heterocycles. The second-order valence-corrected chi connectivity index (χ2v) is 5.69. The highest BCUT2D eigenvalue weighted by atomic mass is 79.9. The van der Waals surface area contributed by atoms with Crippen LogP contribution in [-0.4, -0.2) is 36.7 Å². The number of nitrogens with zero attached hydrogens (tertiary/aromatic N) is 1. The zero-order chi connectivity index (χ0) is 15.1. The van der Waals surface area contributed by atoms with Gasteiger partial charge >= 0.3 is 0 Å². The maximum Gasteiger partial charge on any atom is 0.144 e. The van der Waals surface area contributed by atoms with E-state index in [1.165, 1.54) is 12.1 Å². The highest BCUT2D eigenvalue weighted by Crippen LogP contribution is 2.22. The van der Waals surface area contributed by atoms with E-state index in [0.717, 1.165) is 0 Å². The number of thiocarbonyl (C=S) groups is 1. The minimum Gasteiger partial charge on any atom is -0.393 e. The van der Waals surface area contributed by atoms with E-state index < -0.39 is 11.6 Å². The topological polar surface area (TPSA) is 38.5 Å². The van der Waals surface area contributed by atoms with Gasteiger partial charge in [0.05, 0.1) is 16.1 Å². The molecule has 0 aliphatic rings. The Morgan fingerprint density at radius 2 is 2.10 bits per heavy atom. The molecule has 0 amide bonds. The third kappa shape index (κ3) is 5.40. The minimum absolute atomic E-state index is 0.0263. The molecule has 2 N–H and O–H groups in total. The average Bonchev–Trinajstić information content (AvgIpc) is 2.41. The van der Waals surface area contributed by atoms with E-state index in [-0.39, 0.29) is 16.6 Å². The van der Waals surface area contributed by atoms with Gasteiger partial charge in [0.15, 0.2) is 0 Å². The molecule has 1 aromatic carbocycles. The van der Waals surface area contributed by atoms with Crippen molar-refractivity contribution in [1.29, 1.82) is 0 Å². The molecule has 0 bridgehead atoms. The van der Waals surface area contributed by atoms with Crippen LogP contribution in [0.25, 0.3) is 0 Å². The third-order valence-electron chi connectivity index (χ3n) is 2.81. The molecule has 0 saturated heterocycles. The summed E-state index contributed by atoms with van der Waals surface area (Å²) in [5.74, 6) is -1.15. The molecule has 0 aromatic heterocycles. The SMILES string of the molecule is COCCN(CCC(N)=S)Cc1c(F)ccc(Br)c1F. The zero-order valence-electron chi connectivity index (χ0n) is 11.2. The molecule has 0 unspecified atom stereocenters. The number of nitrogens with two attached hydrogens (primary N) is 1. The van der Waals surface area contributed by atoms with Crippen LogP contribution in [0, 0.1) is 11.6 Å². The Labute approximate surface area is 131 Å². The van der Waals surface area contributed by atoms with Crippen LogP contribution >= 0.6 is 28.1 Å². The van der Waals surface area contributed by atoms with Crippen molar-refractivity contribution >= 4 is 33.1 Å². The van der Waals surface area contributed by atoms with Crippen LogP contribution in [0.15, 0.2) is 16.6 Å². The van der Waals surface area contributed by atoms with Gasteiger partial charge in [0, 0.05) is 38.7 Å². The first-order chi connectivity index (χ1) is 9.45. The summed E-state index contributed by atoms with van der Waals surface area (Å²) >= 11 is 7.89. The number of halogens is 3. The summed E-state index contributed by atoms with van der Waals surface area (Å²) in [4.78, 5) is 2.24. The summed E-state index contributed by atoms with van der Waals surface area (Å²) in [6.07, 6.45) is 0.496. The summed E-state index contributed by atoms with van der Waals surface area (Å²) < 4.78 is 32.9. The monoisotopic (exact) mass is 366 g/mol. The number of methoxy groups -OCH3 is 1. The molecule has 0 spiro atoms. The molecule has 0 fully saturated rings. The summed E-state index contributed by atoms with van der Waals surface area (Å²) in [7, 11) is 1.58. The van der Waals surface area contributed by atoms with E-state index in [9.17, 15) is 8.78 Å². The van der Waals surface area contributed by atoms with Crippen LogP contribution < -0.4 is 5.73 Å². The van der Waals surface area contributed by atoms with Gasteiger partial charge in [-0.1, -0.05) is 12.2 Å². The number of ether oxygens (including phenoxy) is 1. The van der Waals surface area contributed by atoms with E-state index >= 15 is 0 Å². The second-order valence-electron chi connectivity index (χ2n) is 4.31. The standard InChI is InChI=1S/C13H17BrF2N2OS/c1-19-7-6-18(5-4-12(17)20)8-9-11(15)3-2-10(14)13(9)16/h2-3H,4-8H2,1H3,(H2,17,20). The first-order valence-corrected chi connectivity index (χ1v) is 7.27. The molecular formula is C13H17BrF2N2OS. The Hall–Kier alpha value is -0.630. The number of benzene rings is 1. The van der Waals surface area contributed by atoms with E-state index in [2.05, 4.69) is 15.9 Å². The number of rotatable bonds is 8. The Morgan fingerprint density at radius 1 is 1.40 bits per heavy atom. The predicted octanol–water partition coefficient (Wildman–Crippen LogP) is 2.85. The zero-order valence-corrected chi connectivity index (χ0v) is 13.6. The molecule has 0 atom stereocenters. The summed E-state index contributed by atoms with van der Waals surface area (Å²) in [6.45, 7) is 1.69. The van der Waals surface area contributed by atoms with Crippen molar-refractivity contribution in [2.75, 3.05) is 26.8 Å². The number of hydrogen-bond acceptors (Lipinski definition) is 3. The van der Waals surface area contributed by atoms with Gasteiger partial charge in [-0.05, 0) is 28.1 Å². The lowest BCUT2D eigenvalue weighted by Crippen LogP contribution is -2.31. The van der Waals surface area contributed by atoms with Gasteiger partial charge in [-0.3, -0.25) is 4.90 Å². The van der Waals surface area contributed by atoms with Crippen LogP contribution in [0.4, 0.5) is 8.78 Å². The molecule has 0 heterocycles. The van der Waals surface area contributed by atoms with Crippen molar-refractivity contribution in [3.8, 4) is 0 Å². The Morgan fingerprint density at radius 3 is 2.70 bits per heavy atom. The van der Waals surface area contributed by atoms with Gasteiger partial charge < -0.3 is 10.5 Å². The lowest BCUT2D eigenvalue weighted by atomic mass is 10.1. The molecular weight excluding hydrogens is 350 g/mol. The molecule has 7 heteroatoms. The average molecular weight is 367 g/mol. The fourth-order valence-corrected chi connectivity index (χ4v) is 2.16. The highest BCUT2D eigenvalue weighted by molar-refractivity contribution is 9.10. The molecule has 112 valence electrons. The van der Waals surface area contributed by atoms with Crippen LogP contribution in [0.5, 0.6) is 0 Å². The lowest BCUT2D eigenvalue weighted by Gasteiger charge is -2.22. The van der Waals surface area contributed by atoms with Crippen molar-refractivity contribution in [1.82, 2.24) is 4.90 Å². The molecule has 1 rings (SSSR count). The largest absolute Gasteiger partial charge is 0.393 e. The smallest absolute Gasteiger partial charge is 0.144 e.